The Hall–Kier alpha value is -2.75. The topological polar surface area (TPSA) is 53.2 Å². The lowest BCUT2D eigenvalue weighted by molar-refractivity contribution is 0.303. The van der Waals surface area contributed by atoms with Gasteiger partial charge in [0.1, 0.15) is 11.5 Å². The summed E-state index contributed by atoms with van der Waals surface area (Å²) in [6.45, 7) is 0. The molecule has 4 heteroatoms. The second-order valence-corrected chi connectivity index (χ2v) is 7.18. The van der Waals surface area contributed by atoms with Crippen LogP contribution >= 0.6 is 0 Å². The van der Waals surface area contributed by atoms with Crippen LogP contribution in [0.3, 0.4) is 0 Å². The zero-order valence-corrected chi connectivity index (χ0v) is 15.9. The molecule has 27 heavy (non-hydrogen) atoms. The zero-order chi connectivity index (χ0) is 18.5. The van der Waals surface area contributed by atoms with Gasteiger partial charge in [-0.25, -0.2) is 4.99 Å². The van der Waals surface area contributed by atoms with Gasteiger partial charge in [-0.2, -0.15) is 0 Å². The van der Waals surface area contributed by atoms with Crippen molar-refractivity contribution in [2.24, 2.45) is 4.99 Å². The number of rotatable bonds is 1. The Kier molecular flexibility index (Phi) is 5.42. The van der Waals surface area contributed by atoms with Gasteiger partial charge in [0.25, 0.3) is 0 Å². The summed E-state index contributed by atoms with van der Waals surface area (Å²) in [5.74, 6) is 0.803. The normalized spacial score (nSPS) is 21.1. The van der Waals surface area contributed by atoms with Crippen LogP contribution in [-0.2, 0) is 17.6 Å². The van der Waals surface area contributed by atoms with Crippen LogP contribution in [-0.4, -0.2) is 22.8 Å². The number of H-pyrrole nitrogens is 2. The van der Waals surface area contributed by atoms with Gasteiger partial charge in [-0.3, -0.25) is 0 Å². The molecule has 0 fully saturated rings. The van der Waals surface area contributed by atoms with Crippen molar-refractivity contribution >= 4 is 11.8 Å². The van der Waals surface area contributed by atoms with Gasteiger partial charge in [-0.15, -0.1) is 0 Å². The molecule has 0 amide bonds. The number of fused-ring (bicyclic) bond motifs is 6. The van der Waals surface area contributed by atoms with Gasteiger partial charge in [0.2, 0.25) is 0 Å². The van der Waals surface area contributed by atoms with Gasteiger partial charge in [-0.1, -0.05) is 12.2 Å². The Morgan fingerprint density at radius 1 is 0.852 bits per heavy atom. The maximum atomic E-state index is 5.56. The standard InChI is InChI=1S/C23H27N3O/c1-27-23-16-21-20-14-13-18(25-20)10-8-6-4-2-3-5-7-9-17-11-12-19(24-17)15-22(23)26-21/h2,4,11-16,24-25H,3,5-10H2,1H3/b4-2+,22-15-. The van der Waals surface area contributed by atoms with Crippen LogP contribution in [0, 0.1) is 0 Å². The van der Waals surface area contributed by atoms with Gasteiger partial charge in [0.15, 0.2) is 0 Å². The molecule has 4 heterocycles. The zero-order valence-electron chi connectivity index (χ0n) is 15.9. The largest absolute Gasteiger partial charge is 0.494 e. The van der Waals surface area contributed by atoms with Gasteiger partial charge < -0.3 is 14.7 Å². The van der Waals surface area contributed by atoms with Gasteiger partial charge in [0, 0.05) is 23.2 Å². The van der Waals surface area contributed by atoms with Crippen LogP contribution < -0.4 is 0 Å². The lowest BCUT2D eigenvalue weighted by Crippen LogP contribution is -1.95. The first-order chi connectivity index (χ1) is 13.3. The number of aromatic nitrogens is 2. The van der Waals surface area contributed by atoms with Crippen LogP contribution in [0.5, 0.6) is 0 Å². The van der Waals surface area contributed by atoms with Crippen molar-refractivity contribution in [2.75, 3.05) is 7.11 Å². The number of aromatic amines is 2. The van der Waals surface area contributed by atoms with E-state index in [2.05, 4.69) is 52.5 Å². The molecule has 0 atom stereocenters. The highest BCUT2D eigenvalue weighted by molar-refractivity contribution is 6.11. The van der Waals surface area contributed by atoms with E-state index in [0.717, 1.165) is 54.2 Å². The van der Waals surface area contributed by atoms with E-state index in [0.29, 0.717) is 0 Å². The summed E-state index contributed by atoms with van der Waals surface area (Å²) in [7, 11) is 1.70. The van der Waals surface area contributed by atoms with Crippen molar-refractivity contribution in [3.63, 3.8) is 0 Å². The summed E-state index contributed by atoms with van der Waals surface area (Å²) >= 11 is 0. The van der Waals surface area contributed by atoms with Crippen molar-refractivity contribution in [1.82, 2.24) is 9.97 Å². The Balaban J connectivity index is 1.63. The molecular weight excluding hydrogens is 334 g/mol. The summed E-state index contributed by atoms with van der Waals surface area (Å²) < 4.78 is 5.56. The Bertz CT molecular complexity index is 908. The minimum Gasteiger partial charge on any atom is -0.494 e. The van der Waals surface area contributed by atoms with E-state index in [9.17, 15) is 0 Å². The smallest absolute Gasteiger partial charge is 0.146 e. The predicted molar refractivity (Wildman–Crippen MR) is 111 cm³/mol. The SMILES string of the molecule is COC1=CC2=N/C1=C\c1ccc([nH]1)CCCC/C=C/CCCc1ccc2[nH]1. The Morgan fingerprint density at radius 3 is 2.52 bits per heavy atom. The van der Waals surface area contributed by atoms with Crippen LogP contribution in [0.25, 0.3) is 6.08 Å². The van der Waals surface area contributed by atoms with E-state index in [1.165, 1.54) is 30.7 Å². The third-order valence-corrected chi connectivity index (χ3v) is 5.12. The summed E-state index contributed by atoms with van der Waals surface area (Å²) in [4.78, 5) is 11.8. The molecule has 0 aromatic carbocycles. The molecule has 0 unspecified atom stereocenters. The first kappa shape index (κ1) is 17.7. The molecule has 2 aliphatic rings. The van der Waals surface area contributed by atoms with Gasteiger partial charge >= 0.3 is 0 Å². The van der Waals surface area contributed by atoms with Crippen LogP contribution in [0.15, 0.2) is 58.9 Å². The maximum Gasteiger partial charge on any atom is 0.146 e. The molecule has 4 nitrogen and oxygen atoms in total. The second-order valence-electron chi connectivity index (χ2n) is 7.18. The molecule has 0 saturated carbocycles. The number of hydrogen-bond acceptors (Lipinski definition) is 2. The molecule has 0 saturated heterocycles. The second kappa shape index (κ2) is 8.30. The highest BCUT2D eigenvalue weighted by Gasteiger charge is 2.18. The summed E-state index contributed by atoms with van der Waals surface area (Å²) in [5.41, 5.74) is 6.44. The Labute approximate surface area is 160 Å². The number of nitrogens with one attached hydrogen (secondary N) is 2. The lowest BCUT2D eigenvalue weighted by atomic mass is 10.1. The molecule has 0 spiro atoms. The van der Waals surface area contributed by atoms with Gasteiger partial charge in [0.05, 0.1) is 18.5 Å². The van der Waals surface area contributed by atoms with Crippen LogP contribution in [0.2, 0.25) is 0 Å². The molecule has 6 bridgehead atoms. The molecule has 2 aromatic heterocycles. The van der Waals surface area contributed by atoms with E-state index in [4.69, 9.17) is 9.73 Å². The monoisotopic (exact) mass is 361 g/mol. The van der Waals surface area contributed by atoms with E-state index >= 15 is 0 Å². The lowest BCUT2D eigenvalue weighted by Gasteiger charge is -2.01. The third kappa shape index (κ3) is 4.33. The molecule has 0 radical (unpaired) electrons. The van der Waals surface area contributed by atoms with E-state index in [-0.39, 0.29) is 0 Å². The fraction of sp³-hybridized carbons (Fsp3) is 0.348. The van der Waals surface area contributed by atoms with E-state index < -0.39 is 0 Å². The number of nitrogens with zero attached hydrogens (tertiary/aromatic N) is 1. The molecule has 140 valence electrons. The summed E-state index contributed by atoms with van der Waals surface area (Å²) in [5, 5.41) is 0. The number of allylic oxidation sites excluding steroid dienone is 3. The first-order valence-electron chi connectivity index (χ1n) is 9.89. The van der Waals surface area contributed by atoms with Crippen LogP contribution in [0.4, 0.5) is 0 Å². The van der Waals surface area contributed by atoms with Crippen molar-refractivity contribution in [1.29, 1.82) is 0 Å². The van der Waals surface area contributed by atoms with Gasteiger partial charge in [-0.05, 0) is 75.3 Å². The molecule has 0 aliphatic carbocycles. The van der Waals surface area contributed by atoms with E-state index in [1.807, 2.05) is 6.08 Å². The highest BCUT2D eigenvalue weighted by atomic mass is 16.5. The molecule has 2 N–H and O–H groups in total. The number of aliphatic imine (C=N–C) groups is 1. The van der Waals surface area contributed by atoms with Crippen molar-refractivity contribution in [2.45, 2.75) is 44.9 Å². The number of hydrogen-bond donors (Lipinski definition) is 2. The summed E-state index contributed by atoms with van der Waals surface area (Å²) in [6, 6.07) is 8.57. The summed E-state index contributed by atoms with van der Waals surface area (Å²) in [6.07, 6.45) is 16.8. The minimum absolute atomic E-state index is 0.803. The van der Waals surface area contributed by atoms with Crippen molar-refractivity contribution < 1.29 is 4.74 Å². The Morgan fingerprint density at radius 2 is 1.63 bits per heavy atom. The number of methoxy groups -OCH3 is 1. The third-order valence-electron chi connectivity index (χ3n) is 5.12. The average Bonchev–Trinajstić information content (AvgIpc) is 3.39. The molecular formula is C23H27N3O. The van der Waals surface area contributed by atoms with Crippen LogP contribution in [0.1, 0.15) is 54.9 Å². The maximum absolute atomic E-state index is 5.56. The first-order valence-corrected chi connectivity index (χ1v) is 9.89. The fourth-order valence-corrected chi connectivity index (χ4v) is 3.62. The average molecular weight is 361 g/mol. The number of aryl methyl sites for hydroxylation is 2. The molecule has 2 aromatic rings. The predicted octanol–water partition coefficient (Wildman–Crippen LogP) is 5.32. The highest BCUT2D eigenvalue weighted by Crippen LogP contribution is 2.25. The number of ether oxygens (including phenoxy) is 1. The van der Waals surface area contributed by atoms with Crippen molar-refractivity contribution in [3.05, 3.63) is 76.7 Å². The minimum atomic E-state index is 0.803. The molecule has 4 rings (SSSR count). The fourth-order valence-electron chi connectivity index (χ4n) is 3.62. The van der Waals surface area contributed by atoms with E-state index in [1.54, 1.807) is 7.11 Å². The quantitative estimate of drug-likeness (QED) is 0.663. The molecule has 2 aliphatic heterocycles. The van der Waals surface area contributed by atoms with Crippen molar-refractivity contribution in [3.8, 4) is 0 Å².